The molecular weight excluding hydrogens is 358 g/mol. The van der Waals surface area contributed by atoms with Gasteiger partial charge in [0.05, 0.1) is 18.0 Å². The number of hydrogen-bond donors (Lipinski definition) is 2. The maximum atomic E-state index is 12.4. The number of amides is 1. The van der Waals surface area contributed by atoms with Gasteiger partial charge in [0, 0.05) is 31.2 Å². The minimum Gasteiger partial charge on any atom is -0.380 e. The van der Waals surface area contributed by atoms with Crippen molar-refractivity contribution in [1.29, 1.82) is 0 Å². The van der Waals surface area contributed by atoms with E-state index in [-0.39, 0.29) is 18.1 Å². The Bertz CT molecular complexity index is 1050. The van der Waals surface area contributed by atoms with Crippen LogP contribution in [0.5, 0.6) is 0 Å². The van der Waals surface area contributed by atoms with Gasteiger partial charge in [-0.05, 0) is 18.6 Å². The molecule has 2 aliphatic rings. The van der Waals surface area contributed by atoms with Gasteiger partial charge in [-0.15, -0.1) is 10.2 Å². The Morgan fingerprint density at radius 2 is 2.21 bits per heavy atom. The van der Waals surface area contributed by atoms with Gasteiger partial charge in [-0.1, -0.05) is 12.1 Å². The molecule has 2 aliphatic heterocycles. The van der Waals surface area contributed by atoms with Gasteiger partial charge in [0.2, 0.25) is 5.91 Å². The summed E-state index contributed by atoms with van der Waals surface area (Å²) >= 11 is 0. The van der Waals surface area contributed by atoms with Gasteiger partial charge < -0.3 is 19.9 Å². The highest BCUT2D eigenvalue weighted by Gasteiger charge is 2.42. The standard InChI is InChI=1S/C19H19N7O2/c1-10-5-11(16-21-9-22-25-16)3-4-13(10)14-7-20-17-18(23-14)26-8-12(28-2)6-15(26)19(27)24-17/h3-5,7,9,12,15H,6,8H2,1-2H3,(H,20,24,27)(H,21,22,25)/t12-,15+/m1/s1. The molecule has 0 saturated carbocycles. The number of methoxy groups -OCH3 is 1. The molecule has 0 unspecified atom stereocenters. The predicted octanol–water partition coefficient (Wildman–Crippen LogP) is 1.78. The molecule has 1 saturated heterocycles. The quantitative estimate of drug-likeness (QED) is 0.716. The summed E-state index contributed by atoms with van der Waals surface area (Å²) in [6.45, 7) is 2.65. The molecule has 1 aromatic carbocycles. The van der Waals surface area contributed by atoms with Crippen molar-refractivity contribution in [2.75, 3.05) is 23.9 Å². The number of benzene rings is 1. The molecule has 0 aliphatic carbocycles. The number of aromatic nitrogens is 5. The fraction of sp³-hybridized carbons (Fsp3) is 0.316. The molecule has 2 N–H and O–H groups in total. The molecule has 1 amide bonds. The molecule has 9 heteroatoms. The number of aromatic amines is 1. The van der Waals surface area contributed by atoms with Crippen LogP contribution in [0.1, 0.15) is 12.0 Å². The van der Waals surface area contributed by atoms with Gasteiger partial charge in [0.1, 0.15) is 12.4 Å². The zero-order valence-corrected chi connectivity index (χ0v) is 15.5. The highest BCUT2D eigenvalue weighted by Crippen LogP contribution is 2.36. The summed E-state index contributed by atoms with van der Waals surface area (Å²) in [7, 11) is 1.67. The van der Waals surface area contributed by atoms with E-state index < -0.39 is 0 Å². The van der Waals surface area contributed by atoms with Crippen LogP contribution in [-0.4, -0.2) is 56.9 Å². The van der Waals surface area contributed by atoms with Crippen LogP contribution < -0.4 is 10.2 Å². The Hall–Kier alpha value is -3.33. The first kappa shape index (κ1) is 16.8. The van der Waals surface area contributed by atoms with E-state index in [0.29, 0.717) is 24.6 Å². The zero-order valence-electron chi connectivity index (χ0n) is 15.5. The van der Waals surface area contributed by atoms with Crippen LogP contribution in [0.4, 0.5) is 11.6 Å². The van der Waals surface area contributed by atoms with Crippen LogP contribution in [0.3, 0.4) is 0 Å². The molecule has 0 radical (unpaired) electrons. The van der Waals surface area contributed by atoms with Crippen molar-refractivity contribution < 1.29 is 9.53 Å². The molecule has 3 aromatic rings. The maximum absolute atomic E-state index is 12.4. The van der Waals surface area contributed by atoms with Gasteiger partial charge in [-0.2, -0.15) is 0 Å². The summed E-state index contributed by atoms with van der Waals surface area (Å²) in [6, 6.07) is 5.76. The molecular formula is C19H19N7O2. The first-order valence-corrected chi connectivity index (χ1v) is 9.09. The maximum Gasteiger partial charge on any atom is 0.248 e. The molecule has 9 nitrogen and oxygen atoms in total. The van der Waals surface area contributed by atoms with Crippen LogP contribution in [0.25, 0.3) is 22.6 Å². The predicted molar refractivity (Wildman–Crippen MR) is 103 cm³/mol. The molecule has 28 heavy (non-hydrogen) atoms. The smallest absolute Gasteiger partial charge is 0.248 e. The summed E-state index contributed by atoms with van der Waals surface area (Å²) in [5.74, 6) is 1.86. The largest absolute Gasteiger partial charge is 0.380 e. The minimum absolute atomic E-state index is 0.00933. The molecule has 4 heterocycles. The molecule has 2 atom stereocenters. The van der Waals surface area contributed by atoms with Crippen LogP contribution in [-0.2, 0) is 9.53 Å². The number of nitrogens with one attached hydrogen (secondary N) is 2. The van der Waals surface area contributed by atoms with E-state index in [1.807, 2.05) is 30.0 Å². The number of carbonyl (C=O) groups is 1. The number of nitrogens with zero attached hydrogens (tertiary/aromatic N) is 5. The van der Waals surface area contributed by atoms with E-state index in [1.54, 1.807) is 19.6 Å². The van der Waals surface area contributed by atoms with Crippen molar-refractivity contribution in [2.24, 2.45) is 0 Å². The van der Waals surface area contributed by atoms with Gasteiger partial charge in [-0.3, -0.25) is 4.79 Å². The monoisotopic (exact) mass is 377 g/mol. The Labute approximate surface area is 161 Å². The molecule has 2 aromatic heterocycles. The van der Waals surface area contributed by atoms with Crippen molar-refractivity contribution in [1.82, 2.24) is 25.1 Å². The third kappa shape index (κ3) is 2.63. The lowest BCUT2D eigenvalue weighted by atomic mass is 10.0. The summed E-state index contributed by atoms with van der Waals surface area (Å²) < 4.78 is 5.47. The lowest BCUT2D eigenvalue weighted by Gasteiger charge is -2.30. The summed E-state index contributed by atoms with van der Waals surface area (Å²) in [5.41, 5.74) is 3.75. The first-order valence-electron chi connectivity index (χ1n) is 9.09. The first-order chi connectivity index (χ1) is 13.6. The molecule has 142 valence electrons. The van der Waals surface area contributed by atoms with Gasteiger partial charge in [-0.25, -0.2) is 9.97 Å². The summed E-state index contributed by atoms with van der Waals surface area (Å²) in [4.78, 5) is 26.7. The summed E-state index contributed by atoms with van der Waals surface area (Å²) in [5, 5.41) is 10.8. The van der Waals surface area contributed by atoms with Gasteiger partial charge >= 0.3 is 0 Å². The SMILES string of the molecule is CO[C@@H]1C[C@H]2C(=O)Nc3ncc(-c4ccc(-c5nnc[nH]5)cc4C)nc3N2C1. The van der Waals surface area contributed by atoms with Crippen LogP contribution in [0.2, 0.25) is 0 Å². The average Bonchev–Trinajstić information content (AvgIpc) is 3.38. The normalized spacial score (nSPS) is 20.6. The van der Waals surface area contributed by atoms with Crippen LogP contribution in [0, 0.1) is 6.92 Å². The van der Waals surface area contributed by atoms with Crippen molar-refractivity contribution in [3.05, 3.63) is 36.3 Å². The second-order valence-corrected chi connectivity index (χ2v) is 7.05. The van der Waals surface area contributed by atoms with Crippen LogP contribution in [0.15, 0.2) is 30.7 Å². The molecule has 5 rings (SSSR count). The lowest BCUT2D eigenvalue weighted by molar-refractivity contribution is -0.117. The van der Waals surface area contributed by atoms with E-state index in [9.17, 15) is 4.79 Å². The lowest BCUT2D eigenvalue weighted by Crippen LogP contribution is -2.44. The minimum atomic E-state index is -0.267. The number of fused-ring (bicyclic) bond motifs is 3. The number of ether oxygens (including phenoxy) is 1. The molecule has 0 spiro atoms. The topological polar surface area (TPSA) is 109 Å². The van der Waals surface area contributed by atoms with Crippen molar-refractivity contribution in [3.8, 4) is 22.6 Å². The Kier molecular flexibility index (Phi) is 3.83. The third-order valence-corrected chi connectivity index (χ3v) is 5.36. The second-order valence-electron chi connectivity index (χ2n) is 7.05. The van der Waals surface area contributed by atoms with E-state index in [2.05, 4.69) is 25.5 Å². The third-order valence-electron chi connectivity index (χ3n) is 5.36. The fourth-order valence-electron chi connectivity index (χ4n) is 3.89. The number of anilines is 2. The van der Waals surface area contributed by atoms with Crippen molar-refractivity contribution in [3.63, 3.8) is 0 Å². The Balaban J connectivity index is 1.53. The fourth-order valence-corrected chi connectivity index (χ4v) is 3.89. The Morgan fingerprint density at radius 1 is 1.32 bits per heavy atom. The van der Waals surface area contributed by atoms with E-state index in [1.165, 1.54) is 0 Å². The zero-order chi connectivity index (χ0) is 19.3. The number of aryl methyl sites for hydroxylation is 1. The average molecular weight is 377 g/mol. The van der Waals surface area contributed by atoms with Gasteiger partial charge in [0.15, 0.2) is 17.5 Å². The van der Waals surface area contributed by atoms with E-state index >= 15 is 0 Å². The highest BCUT2D eigenvalue weighted by molar-refractivity contribution is 6.02. The van der Waals surface area contributed by atoms with E-state index in [0.717, 1.165) is 28.2 Å². The van der Waals surface area contributed by atoms with E-state index in [4.69, 9.17) is 9.72 Å². The second kappa shape index (κ2) is 6.38. The van der Waals surface area contributed by atoms with Crippen molar-refractivity contribution in [2.45, 2.75) is 25.5 Å². The number of carbonyl (C=O) groups excluding carboxylic acids is 1. The number of hydrogen-bond acceptors (Lipinski definition) is 7. The Morgan fingerprint density at radius 3 is 2.96 bits per heavy atom. The number of rotatable bonds is 3. The van der Waals surface area contributed by atoms with Crippen LogP contribution >= 0.6 is 0 Å². The van der Waals surface area contributed by atoms with Gasteiger partial charge in [0.25, 0.3) is 0 Å². The molecule has 0 bridgehead atoms. The number of H-pyrrole nitrogens is 1. The van der Waals surface area contributed by atoms with Crippen molar-refractivity contribution >= 4 is 17.5 Å². The molecule has 1 fully saturated rings. The summed E-state index contributed by atoms with van der Waals surface area (Å²) in [6.07, 6.45) is 3.91. The highest BCUT2D eigenvalue weighted by atomic mass is 16.5.